The number of hydrogen-bond acceptors (Lipinski definition) is 4. The lowest BCUT2D eigenvalue weighted by molar-refractivity contribution is -0.121. The van der Waals surface area contributed by atoms with Crippen LogP contribution >= 0.6 is 12.4 Å². The van der Waals surface area contributed by atoms with Gasteiger partial charge in [0.25, 0.3) is 0 Å². The van der Waals surface area contributed by atoms with Gasteiger partial charge in [-0.25, -0.2) is 13.1 Å². The topological polar surface area (TPSA) is 101 Å². The van der Waals surface area contributed by atoms with Crippen molar-refractivity contribution < 1.29 is 13.2 Å². The monoisotopic (exact) mass is 327 g/mol. The highest BCUT2D eigenvalue weighted by Crippen LogP contribution is 2.25. The van der Waals surface area contributed by atoms with Crippen LogP contribution in [-0.4, -0.2) is 39.2 Å². The molecule has 8 heteroatoms. The highest BCUT2D eigenvalue weighted by atomic mass is 35.5. The maximum atomic E-state index is 11.6. The zero-order valence-electron chi connectivity index (χ0n) is 12.1. The second-order valence-electron chi connectivity index (χ2n) is 5.51. The Labute approximate surface area is 127 Å². The zero-order valence-corrected chi connectivity index (χ0v) is 13.7. The summed E-state index contributed by atoms with van der Waals surface area (Å²) >= 11 is 0. The van der Waals surface area contributed by atoms with E-state index in [-0.39, 0.29) is 36.3 Å². The fraction of sp³-hybridized carbons (Fsp3) is 0.917. The van der Waals surface area contributed by atoms with Crippen LogP contribution < -0.4 is 15.8 Å². The van der Waals surface area contributed by atoms with Gasteiger partial charge in [0.1, 0.15) is 0 Å². The molecule has 120 valence electrons. The maximum absolute atomic E-state index is 11.6. The average Bonchev–Trinajstić information content (AvgIpc) is 2.68. The van der Waals surface area contributed by atoms with Crippen LogP contribution in [0.3, 0.4) is 0 Å². The molecular weight excluding hydrogens is 302 g/mol. The molecule has 4 N–H and O–H groups in total. The Morgan fingerprint density at radius 3 is 2.60 bits per heavy atom. The third-order valence-corrected chi connectivity index (χ3v) is 4.14. The molecular formula is C12H26ClN3O3S. The van der Waals surface area contributed by atoms with Gasteiger partial charge in [0.15, 0.2) is 0 Å². The van der Waals surface area contributed by atoms with Crippen LogP contribution in [0.2, 0.25) is 0 Å². The van der Waals surface area contributed by atoms with E-state index in [4.69, 9.17) is 5.73 Å². The molecule has 0 saturated heterocycles. The van der Waals surface area contributed by atoms with Gasteiger partial charge in [0.2, 0.25) is 15.9 Å². The van der Waals surface area contributed by atoms with Crippen LogP contribution in [0.1, 0.15) is 39.0 Å². The molecule has 0 spiro atoms. The first-order valence-electron chi connectivity index (χ1n) is 6.77. The van der Waals surface area contributed by atoms with E-state index in [1.807, 2.05) is 6.92 Å². The molecule has 0 aromatic carbocycles. The number of sulfonamides is 1. The van der Waals surface area contributed by atoms with Crippen molar-refractivity contribution in [3.63, 3.8) is 0 Å². The molecule has 1 aliphatic rings. The highest BCUT2D eigenvalue weighted by Gasteiger charge is 2.29. The summed E-state index contributed by atoms with van der Waals surface area (Å²) in [5.41, 5.74) is 5.59. The Balaban J connectivity index is 0.00000361. The molecule has 3 unspecified atom stereocenters. The smallest absolute Gasteiger partial charge is 0.220 e. The minimum Gasteiger partial charge on any atom is -0.356 e. The van der Waals surface area contributed by atoms with Crippen LogP contribution in [0.4, 0.5) is 0 Å². The number of hydrogen-bond donors (Lipinski definition) is 3. The van der Waals surface area contributed by atoms with E-state index in [1.165, 1.54) is 6.26 Å². The van der Waals surface area contributed by atoms with Crippen LogP contribution in [0.25, 0.3) is 0 Å². The van der Waals surface area contributed by atoms with Gasteiger partial charge >= 0.3 is 0 Å². The van der Waals surface area contributed by atoms with E-state index in [1.54, 1.807) is 0 Å². The number of nitrogens with one attached hydrogen (secondary N) is 2. The normalized spacial score (nSPS) is 23.9. The first-order chi connectivity index (χ1) is 8.78. The van der Waals surface area contributed by atoms with Gasteiger partial charge in [0, 0.05) is 25.0 Å². The zero-order chi connectivity index (χ0) is 14.5. The second-order valence-corrected chi connectivity index (χ2v) is 7.29. The summed E-state index contributed by atoms with van der Waals surface area (Å²) in [5, 5.41) is 2.87. The number of carbonyl (C=O) groups excluding carboxylic acids is 1. The van der Waals surface area contributed by atoms with Gasteiger partial charge in [-0.2, -0.15) is 0 Å². The van der Waals surface area contributed by atoms with Gasteiger partial charge < -0.3 is 11.1 Å². The molecule has 3 atom stereocenters. The summed E-state index contributed by atoms with van der Waals surface area (Å²) in [5.74, 6) is 0.177. The lowest BCUT2D eigenvalue weighted by Gasteiger charge is -2.20. The lowest BCUT2D eigenvalue weighted by Crippen LogP contribution is -2.41. The SMILES string of the molecule is CC(N)CCC(=O)NCC1CCCC1NS(C)(=O)=O.Cl. The average molecular weight is 328 g/mol. The standard InChI is InChI=1S/C12H25N3O3S.ClH/c1-9(13)6-7-12(16)14-8-10-4-3-5-11(10)15-19(2,17)18;/h9-11,15H,3-8,13H2,1-2H3,(H,14,16);1H. The predicted molar refractivity (Wildman–Crippen MR) is 82.2 cm³/mol. The molecule has 0 aromatic rings. The molecule has 0 heterocycles. The minimum absolute atomic E-state index is 0. The van der Waals surface area contributed by atoms with Crippen molar-refractivity contribution in [3.8, 4) is 0 Å². The first kappa shape index (κ1) is 19.6. The minimum atomic E-state index is -3.18. The van der Waals surface area contributed by atoms with Crippen molar-refractivity contribution in [2.75, 3.05) is 12.8 Å². The Morgan fingerprint density at radius 1 is 1.40 bits per heavy atom. The number of halogens is 1. The summed E-state index contributed by atoms with van der Waals surface area (Å²) in [6, 6.07) is -0.0272. The Morgan fingerprint density at radius 2 is 2.05 bits per heavy atom. The van der Waals surface area contributed by atoms with E-state index < -0.39 is 10.0 Å². The fourth-order valence-corrected chi connectivity index (χ4v) is 3.26. The molecule has 0 aromatic heterocycles. The van der Waals surface area contributed by atoms with Crippen molar-refractivity contribution in [1.29, 1.82) is 0 Å². The molecule has 0 bridgehead atoms. The van der Waals surface area contributed by atoms with Crippen molar-refractivity contribution in [2.45, 2.75) is 51.1 Å². The first-order valence-corrected chi connectivity index (χ1v) is 8.66. The number of amides is 1. The molecule has 20 heavy (non-hydrogen) atoms. The van der Waals surface area contributed by atoms with Gasteiger partial charge in [-0.15, -0.1) is 12.4 Å². The largest absolute Gasteiger partial charge is 0.356 e. The summed E-state index contributed by atoms with van der Waals surface area (Å²) in [4.78, 5) is 11.6. The Bertz CT molecular complexity index is 401. The summed E-state index contributed by atoms with van der Waals surface area (Å²) in [6.45, 7) is 2.40. The van der Waals surface area contributed by atoms with Crippen molar-refractivity contribution in [1.82, 2.24) is 10.0 Å². The number of nitrogens with two attached hydrogens (primary N) is 1. The molecule has 1 rings (SSSR count). The molecule has 1 amide bonds. The lowest BCUT2D eigenvalue weighted by atomic mass is 10.0. The van der Waals surface area contributed by atoms with Gasteiger partial charge in [0.05, 0.1) is 6.26 Å². The molecule has 1 aliphatic carbocycles. The fourth-order valence-electron chi connectivity index (χ4n) is 2.40. The Hall–Kier alpha value is -0.370. The summed E-state index contributed by atoms with van der Waals surface area (Å²) in [7, 11) is -3.18. The van der Waals surface area contributed by atoms with E-state index in [0.717, 1.165) is 19.3 Å². The molecule has 1 fully saturated rings. The van der Waals surface area contributed by atoms with E-state index in [2.05, 4.69) is 10.0 Å². The van der Waals surface area contributed by atoms with Crippen molar-refractivity contribution in [3.05, 3.63) is 0 Å². The summed E-state index contributed by atoms with van der Waals surface area (Å²) in [6.07, 6.45) is 5.04. The van der Waals surface area contributed by atoms with Crippen molar-refractivity contribution in [2.24, 2.45) is 11.7 Å². The maximum Gasteiger partial charge on any atom is 0.220 e. The van der Waals surface area contributed by atoms with Crippen molar-refractivity contribution >= 4 is 28.3 Å². The van der Waals surface area contributed by atoms with E-state index in [9.17, 15) is 13.2 Å². The quantitative estimate of drug-likeness (QED) is 0.628. The Kier molecular flexibility index (Phi) is 8.65. The molecule has 0 aliphatic heterocycles. The van der Waals surface area contributed by atoms with Gasteiger partial charge in [-0.3, -0.25) is 4.79 Å². The second kappa shape index (κ2) is 8.81. The molecule has 0 radical (unpaired) electrons. The van der Waals surface area contributed by atoms with Crippen LogP contribution in [0, 0.1) is 5.92 Å². The van der Waals surface area contributed by atoms with E-state index in [0.29, 0.717) is 19.4 Å². The third-order valence-electron chi connectivity index (χ3n) is 3.41. The molecule has 6 nitrogen and oxygen atoms in total. The number of rotatable bonds is 7. The summed E-state index contributed by atoms with van der Waals surface area (Å²) < 4.78 is 25.1. The third kappa shape index (κ3) is 8.04. The van der Waals surface area contributed by atoms with Crippen LogP contribution in [0.15, 0.2) is 0 Å². The predicted octanol–water partition coefficient (Wildman–Crippen LogP) is 0.370. The van der Waals surface area contributed by atoms with Gasteiger partial charge in [-0.05, 0) is 32.1 Å². The van der Waals surface area contributed by atoms with Crippen LogP contribution in [0.5, 0.6) is 0 Å². The highest BCUT2D eigenvalue weighted by molar-refractivity contribution is 7.88. The van der Waals surface area contributed by atoms with E-state index >= 15 is 0 Å². The van der Waals surface area contributed by atoms with Gasteiger partial charge in [-0.1, -0.05) is 6.42 Å². The molecule has 1 saturated carbocycles. The van der Waals surface area contributed by atoms with Crippen LogP contribution in [-0.2, 0) is 14.8 Å². The number of carbonyl (C=O) groups is 1.